The molecule has 0 saturated heterocycles. The number of aromatic nitrogens is 2. The lowest BCUT2D eigenvalue weighted by molar-refractivity contribution is -0.114. The van der Waals surface area contributed by atoms with Gasteiger partial charge in [-0.25, -0.2) is 0 Å². The fourth-order valence-corrected chi connectivity index (χ4v) is 3.01. The predicted octanol–water partition coefficient (Wildman–Crippen LogP) is 3.12. The van der Waals surface area contributed by atoms with Gasteiger partial charge in [-0.3, -0.25) is 9.59 Å². The van der Waals surface area contributed by atoms with Crippen LogP contribution in [-0.4, -0.2) is 15.8 Å². The molecule has 1 N–H and O–H groups in total. The van der Waals surface area contributed by atoms with Crippen LogP contribution >= 0.6 is 11.6 Å². The highest BCUT2D eigenvalue weighted by Crippen LogP contribution is 2.40. The third-order valence-corrected chi connectivity index (χ3v) is 4.08. The Bertz CT molecular complexity index is 882. The summed E-state index contributed by atoms with van der Waals surface area (Å²) in [7, 11) is 0. The van der Waals surface area contributed by atoms with Crippen LogP contribution in [0.5, 0.6) is 5.88 Å². The van der Waals surface area contributed by atoms with E-state index in [1.807, 2.05) is 0 Å². The molecule has 1 atom stereocenters. The zero-order valence-corrected chi connectivity index (χ0v) is 13.7. The monoisotopic (exact) mass is 330 g/mol. The Kier molecular flexibility index (Phi) is 3.82. The highest BCUT2D eigenvalue weighted by molar-refractivity contribution is 6.30. The largest absolute Gasteiger partial charge is 0.443 e. The number of rotatable bonds is 2. The number of carbonyl (C=O) groups is 1. The first-order valence-electron chi connectivity index (χ1n) is 7.14. The summed E-state index contributed by atoms with van der Waals surface area (Å²) in [6.45, 7) is 4.86. The van der Waals surface area contributed by atoms with E-state index >= 15 is 0 Å². The number of nitrogens with zero attached hydrogens (tertiary/aromatic N) is 1. The summed E-state index contributed by atoms with van der Waals surface area (Å²) in [5.41, 5.74) is 1.28. The van der Waals surface area contributed by atoms with E-state index in [9.17, 15) is 9.59 Å². The number of H-pyrrole nitrogens is 1. The molecule has 2 heterocycles. The van der Waals surface area contributed by atoms with Crippen molar-refractivity contribution in [3.05, 3.63) is 67.9 Å². The van der Waals surface area contributed by atoms with Crippen LogP contribution in [0.4, 0.5) is 0 Å². The van der Waals surface area contributed by atoms with Gasteiger partial charge in [0.2, 0.25) is 5.88 Å². The molecule has 2 aromatic rings. The standard InChI is InChI=1S/C17H15ClN2O3/c1-8(21)13-9(2)23-17-15(16(22)19-10(3)20-17)14(13)11-4-6-12(18)7-5-11/h4-7,14H,1-3H3,(H,19,20,22)/t14-/m0/s1. The fourth-order valence-electron chi connectivity index (χ4n) is 2.89. The van der Waals surface area contributed by atoms with Crippen LogP contribution in [0.25, 0.3) is 0 Å². The van der Waals surface area contributed by atoms with E-state index in [-0.39, 0.29) is 17.2 Å². The third kappa shape index (κ3) is 2.68. The Labute approximate surface area is 138 Å². The Hall–Kier alpha value is -2.40. The van der Waals surface area contributed by atoms with E-state index in [4.69, 9.17) is 16.3 Å². The van der Waals surface area contributed by atoms with Crippen molar-refractivity contribution >= 4 is 17.4 Å². The topological polar surface area (TPSA) is 72.0 Å². The van der Waals surface area contributed by atoms with Crippen molar-refractivity contribution in [2.75, 3.05) is 0 Å². The maximum Gasteiger partial charge on any atom is 0.258 e. The van der Waals surface area contributed by atoms with Crippen LogP contribution in [0.3, 0.4) is 0 Å². The lowest BCUT2D eigenvalue weighted by Gasteiger charge is -2.27. The Morgan fingerprint density at radius 1 is 1.26 bits per heavy atom. The molecule has 0 aliphatic carbocycles. The zero-order valence-electron chi connectivity index (χ0n) is 12.9. The summed E-state index contributed by atoms with van der Waals surface area (Å²) in [5.74, 6) is 0.497. The molecule has 3 rings (SSSR count). The molecule has 0 saturated carbocycles. The molecule has 0 fully saturated rings. The molecule has 0 radical (unpaired) electrons. The number of hydrogen-bond acceptors (Lipinski definition) is 4. The normalized spacial score (nSPS) is 16.8. The first-order valence-corrected chi connectivity index (χ1v) is 7.52. The lowest BCUT2D eigenvalue weighted by Crippen LogP contribution is -2.28. The number of aromatic amines is 1. The van der Waals surface area contributed by atoms with Crippen LogP contribution in [0.15, 0.2) is 40.4 Å². The van der Waals surface area contributed by atoms with Gasteiger partial charge in [0.15, 0.2) is 5.78 Å². The third-order valence-electron chi connectivity index (χ3n) is 3.83. The van der Waals surface area contributed by atoms with Gasteiger partial charge in [0.05, 0.1) is 11.5 Å². The smallest absolute Gasteiger partial charge is 0.258 e. The van der Waals surface area contributed by atoms with Crippen LogP contribution < -0.4 is 10.3 Å². The molecule has 0 amide bonds. The van der Waals surface area contributed by atoms with Gasteiger partial charge in [-0.15, -0.1) is 0 Å². The number of ketones is 1. The van der Waals surface area contributed by atoms with Crippen LogP contribution in [-0.2, 0) is 4.79 Å². The van der Waals surface area contributed by atoms with Crippen molar-refractivity contribution < 1.29 is 9.53 Å². The molecule has 0 unspecified atom stereocenters. The maximum absolute atomic E-state index is 12.5. The van der Waals surface area contributed by atoms with Gasteiger partial charge in [-0.2, -0.15) is 4.98 Å². The molecule has 5 nitrogen and oxygen atoms in total. The van der Waals surface area contributed by atoms with Gasteiger partial charge >= 0.3 is 0 Å². The van der Waals surface area contributed by atoms with E-state index in [1.54, 1.807) is 38.1 Å². The number of benzene rings is 1. The summed E-state index contributed by atoms with van der Waals surface area (Å²) >= 11 is 5.95. The van der Waals surface area contributed by atoms with Gasteiger partial charge in [0.1, 0.15) is 11.6 Å². The number of carbonyl (C=O) groups excluding carboxylic acids is 1. The Morgan fingerprint density at radius 2 is 1.91 bits per heavy atom. The number of fused-ring (bicyclic) bond motifs is 1. The summed E-state index contributed by atoms with van der Waals surface area (Å²) in [6, 6.07) is 7.07. The average Bonchev–Trinajstić information content (AvgIpc) is 2.45. The van der Waals surface area contributed by atoms with Crippen molar-refractivity contribution in [2.24, 2.45) is 0 Å². The molecule has 118 valence electrons. The first-order chi connectivity index (χ1) is 10.9. The molecule has 23 heavy (non-hydrogen) atoms. The number of ether oxygens (including phenoxy) is 1. The molecule has 0 spiro atoms. The predicted molar refractivity (Wildman–Crippen MR) is 86.9 cm³/mol. The average molecular weight is 331 g/mol. The molecule has 1 aliphatic heterocycles. The second kappa shape index (κ2) is 5.66. The molecule has 1 aromatic heterocycles. The van der Waals surface area contributed by atoms with Gasteiger partial charge in [-0.05, 0) is 38.5 Å². The van der Waals surface area contributed by atoms with Crippen molar-refractivity contribution in [3.63, 3.8) is 0 Å². The molecule has 1 aliphatic rings. The highest BCUT2D eigenvalue weighted by atomic mass is 35.5. The SMILES string of the molecule is CC(=O)C1=C(C)Oc2nc(C)[nH]c(=O)c2[C@H]1c1ccc(Cl)cc1. The fraction of sp³-hybridized carbons (Fsp3) is 0.235. The van der Waals surface area contributed by atoms with Gasteiger partial charge in [0.25, 0.3) is 5.56 Å². The molecule has 0 bridgehead atoms. The minimum Gasteiger partial charge on any atom is -0.443 e. The summed E-state index contributed by atoms with van der Waals surface area (Å²) < 4.78 is 5.64. The Morgan fingerprint density at radius 3 is 2.52 bits per heavy atom. The van der Waals surface area contributed by atoms with E-state index in [0.29, 0.717) is 27.7 Å². The van der Waals surface area contributed by atoms with Gasteiger partial charge < -0.3 is 9.72 Å². The molecular formula is C17H15ClN2O3. The molecular weight excluding hydrogens is 316 g/mol. The molecule has 6 heteroatoms. The lowest BCUT2D eigenvalue weighted by atomic mass is 9.82. The number of allylic oxidation sites excluding steroid dienone is 2. The maximum atomic E-state index is 12.5. The number of nitrogens with one attached hydrogen (secondary N) is 1. The van der Waals surface area contributed by atoms with Crippen LogP contribution in [0.1, 0.15) is 36.7 Å². The summed E-state index contributed by atoms with van der Waals surface area (Å²) in [6.07, 6.45) is 0. The zero-order chi connectivity index (χ0) is 16.7. The van der Waals surface area contributed by atoms with E-state index in [1.165, 1.54) is 6.92 Å². The Balaban J connectivity index is 2.31. The summed E-state index contributed by atoms with van der Waals surface area (Å²) in [5, 5.41) is 0.585. The second-order valence-electron chi connectivity index (χ2n) is 5.48. The van der Waals surface area contributed by atoms with E-state index in [2.05, 4.69) is 9.97 Å². The minimum atomic E-state index is -0.523. The van der Waals surface area contributed by atoms with E-state index < -0.39 is 5.92 Å². The summed E-state index contributed by atoms with van der Waals surface area (Å²) in [4.78, 5) is 31.6. The van der Waals surface area contributed by atoms with Crippen LogP contribution in [0, 0.1) is 6.92 Å². The number of halogens is 1. The highest BCUT2D eigenvalue weighted by Gasteiger charge is 2.35. The minimum absolute atomic E-state index is 0.145. The number of aryl methyl sites for hydroxylation is 1. The number of Topliss-reactive ketones (excluding diaryl/α,β-unsaturated/α-hetero) is 1. The quantitative estimate of drug-likeness (QED) is 0.918. The van der Waals surface area contributed by atoms with Gasteiger partial charge in [-0.1, -0.05) is 23.7 Å². The first kappa shape index (κ1) is 15.5. The van der Waals surface area contributed by atoms with Crippen molar-refractivity contribution in [2.45, 2.75) is 26.7 Å². The van der Waals surface area contributed by atoms with Crippen molar-refractivity contribution in [1.82, 2.24) is 9.97 Å². The van der Waals surface area contributed by atoms with Crippen molar-refractivity contribution in [3.8, 4) is 5.88 Å². The molecule has 1 aromatic carbocycles. The van der Waals surface area contributed by atoms with E-state index in [0.717, 1.165) is 5.56 Å². The van der Waals surface area contributed by atoms with Crippen molar-refractivity contribution in [1.29, 1.82) is 0 Å². The van der Waals surface area contributed by atoms with Gasteiger partial charge in [0, 0.05) is 10.6 Å². The number of hydrogen-bond donors (Lipinski definition) is 1. The van der Waals surface area contributed by atoms with Crippen LogP contribution in [0.2, 0.25) is 5.02 Å². The second-order valence-corrected chi connectivity index (χ2v) is 5.92.